The van der Waals surface area contributed by atoms with Gasteiger partial charge in [-0.1, -0.05) is 39.0 Å². The predicted octanol–water partition coefficient (Wildman–Crippen LogP) is 4.29. The maximum atomic E-state index is 12.7. The SMILES string of the molecule is CC(C)(C)c1ccc(NC(=O)[C@H]2CCCN2C(=O)c2cccs2)cc1. The van der Waals surface area contributed by atoms with Gasteiger partial charge in [0.2, 0.25) is 5.91 Å². The van der Waals surface area contributed by atoms with Crippen LogP contribution in [0.5, 0.6) is 0 Å². The molecule has 1 aromatic heterocycles. The van der Waals surface area contributed by atoms with Crippen LogP contribution in [0.4, 0.5) is 5.69 Å². The molecule has 0 radical (unpaired) electrons. The molecule has 2 amide bonds. The first-order valence-corrected chi connectivity index (χ1v) is 9.50. The summed E-state index contributed by atoms with van der Waals surface area (Å²) < 4.78 is 0. The zero-order valence-corrected chi connectivity index (χ0v) is 15.7. The van der Waals surface area contributed by atoms with Crippen LogP contribution in [0.1, 0.15) is 48.8 Å². The van der Waals surface area contributed by atoms with Crippen molar-refractivity contribution in [1.29, 1.82) is 0 Å². The minimum Gasteiger partial charge on any atom is -0.326 e. The van der Waals surface area contributed by atoms with Gasteiger partial charge in [0.25, 0.3) is 5.91 Å². The average molecular weight is 356 g/mol. The highest BCUT2D eigenvalue weighted by atomic mass is 32.1. The van der Waals surface area contributed by atoms with Gasteiger partial charge in [0.05, 0.1) is 4.88 Å². The molecule has 0 aliphatic carbocycles. The van der Waals surface area contributed by atoms with E-state index in [0.29, 0.717) is 17.8 Å². The van der Waals surface area contributed by atoms with E-state index in [0.717, 1.165) is 12.1 Å². The summed E-state index contributed by atoms with van der Waals surface area (Å²) in [5.41, 5.74) is 2.08. The lowest BCUT2D eigenvalue weighted by Gasteiger charge is -2.24. The molecule has 0 unspecified atom stereocenters. The van der Waals surface area contributed by atoms with Crippen LogP contribution in [-0.2, 0) is 10.2 Å². The number of carbonyl (C=O) groups is 2. The summed E-state index contributed by atoms with van der Waals surface area (Å²) in [6, 6.07) is 11.2. The van der Waals surface area contributed by atoms with Crippen molar-refractivity contribution in [2.75, 3.05) is 11.9 Å². The fraction of sp³-hybridized carbons (Fsp3) is 0.400. The van der Waals surface area contributed by atoms with Crippen LogP contribution in [0.2, 0.25) is 0 Å². The molecule has 1 aliphatic rings. The number of hydrogen-bond donors (Lipinski definition) is 1. The van der Waals surface area contributed by atoms with E-state index in [9.17, 15) is 9.59 Å². The van der Waals surface area contributed by atoms with Gasteiger partial charge >= 0.3 is 0 Å². The van der Waals surface area contributed by atoms with E-state index in [2.05, 4.69) is 26.1 Å². The van der Waals surface area contributed by atoms with E-state index in [4.69, 9.17) is 0 Å². The van der Waals surface area contributed by atoms with Crippen molar-refractivity contribution in [1.82, 2.24) is 4.90 Å². The quantitative estimate of drug-likeness (QED) is 0.892. The van der Waals surface area contributed by atoms with Crippen molar-refractivity contribution in [2.24, 2.45) is 0 Å². The molecule has 25 heavy (non-hydrogen) atoms. The van der Waals surface area contributed by atoms with Crippen LogP contribution in [0.15, 0.2) is 41.8 Å². The molecule has 132 valence electrons. The molecule has 1 fully saturated rings. The number of likely N-dealkylation sites (tertiary alicyclic amines) is 1. The third-order valence-electron chi connectivity index (χ3n) is 4.57. The first kappa shape index (κ1) is 17.7. The second-order valence-electron chi connectivity index (χ2n) is 7.45. The Labute approximate surface area is 152 Å². The largest absolute Gasteiger partial charge is 0.326 e. The van der Waals surface area contributed by atoms with Gasteiger partial charge < -0.3 is 10.2 Å². The Bertz CT molecular complexity index is 745. The highest BCUT2D eigenvalue weighted by molar-refractivity contribution is 7.12. The lowest BCUT2D eigenvalue weighted by molar-refractivity contribution is -0.119. The Morgan fingerprint density at radius 2 is 1.88 bits per heavy atom. The first-order valence-electron chi connectivity index (χ1n) is 8.62. The number of thiophene rings is 1. The number of hydrogen-bond acceptors (Lipinski definition) is 3. The highest BCUT2D eigenvalue weighted by Crippen LogP contribution is 2.25. The summed E-state index contributed by atoms with van der Waals surface area (Å²) in [7, 11) is 0. The summed E-state index contributed by atoms with van der Waals surface area (Å²) in [5.74, 6) is -0.151. The van der Waals surface area contributed by atoms with Crippen LogP contribution in [0.25, 0.3) is 0 Å². The van der Waals surface area contributed by atoms with Crippen LogP contribution in [-0.4, -0.2) is 29.3 Å². The average Bonchev–Trinajstić information content (AvgIpc) is 3.25. The smallest absolute Gasteiger partial charge is 0.264 e. The van der Waals surface area contributed by atoms with Crippen LogP contribution in [0.3, 0.4) is 0 Å². The van der Waals surface area contributed by atoms with E-state index in [1.54, 1.807) is 4.90 Å². The van der Waals surface area contributed by atoms with Gasteiger partial charge in [-0.25, -0.2) is 0 Å². The maximum Gasteiger partial charge on any atom is 0.264 e. The van der Waals surface area contributed by atoms with Gasteiger partial charge in [-0.15, -0.1) is 11.3 Å². The number of anilines is 1. The van der Waals surface area contributed by atoms with E-state index in [1.165, 1.54) is 16.9 Å². The van der Waals surface area contributed by atoms with Gasteiger partial charge in [-0.3, -0.25) is 9.59 Å². The van der Waals surface area contributed by atoms with E-state index in [1.807, 2.05) is 41.8 Å². The third-order valence-corrected chi connectivity index (χ3v) is 5.42. The Morgan fingerprint density at radius 1 is 1.16 bits per heavy atom. The molecular weight excluding hydrogens is 332 g/mol. The van der Waals surface area contributed by atoms with Gasteiger partial charge in [-0.05, 0) is 47.4 Å². The number of nitrogens with zero attached hydrogens (tertiary/aromatic N) is 1. The van der Waals surface area contributed by atoms with Crippen molar-refractivity contribution in [3.63, 3.8) is 0 Å². The fourth-order valence-corrected chi connectivity index (χ4v) is 3.78. The van der Waals surface area contributed by atoms with E-state index in [-0.39, 0.29) is 17.2 Å². The summed E-state index contributed by atoms with van der Waals surface area (Å²) in [5, 5.41) is 4.85. The number of amides is 2. The number of carbonyl (C=O) groups excluding carboxylic acids is 2. The van der Waals surface area contributed by atoms with E-state index < -0.39 is 6.04 Å². The topological polar surface area (TPSA) is 49.4 Å². The van der Waals surface area contributed by atoms with Gasteiger partial charge in [0.15, 0.2) is 0 Å². The fourth-order valence-electron chi connectivity index (χ4n) is 3.10. The zero-order valence-electron chi connectivity index (χ0n) is 14.9. The third kappa shape index (κ3) is 3.93. The van der Waals surface area contributed by atoms with Crippen LogP contribution >= 0.6 is 11.3 Å². The van der Waals surface area contributed by atoms with Crippen molar-refractivity contribution in [3.05, 3.63) is 52.2 Å². The molecule has 0 spiro atoms. The molecule has 4 nitrogen and oxygen atoms in total. The molecule has 1 aromatic carbocycles. The molecule has 5 heteroatoms. The summed E-state index contributed by atoms with van der Waals surface area (Å²) >= 11 is 1.42. The van der Waals surface area contributed by atoms with Crippen molar-refractivity contribution in [3.8, 4) is 0 Å². The Hall–Kier alpha value is -2.14. The lowest BCUT2D eigenvalue weighted by Crippen LogP contribution is -2.42. The molecule has 1 saturated heterocycles. The Balaban J connectivity index is 1.69. The molecule has 2 aromatic rings. The standard InChI is InChI=1S/C20H24N2O2S/c1-20(2,3)14-8-10-15(11-9-14)21-18(23)16-6-4-12-22(16)19(24)17-7-5-13-25-17/h5,7-11,13,16H,4,6,12H2,1-3H3,(H,21,23)/t16-/m1/s1. The molecule has 0 saturated carbocycles. The van der Waals surface area contributed by atoms with Crippen molar-refractivity contribution >= 4 is 28.8 Å². The lowest BCUT2D eigenvalue weighted by atomic mass is 9.87. The summed E-state index contributed by atoms with van der Waals surface area (Å²) in [4.78, 5) is 27.7. The number of nitrogens with one attached hydrogen (secondary N) is 1. The monoisotopic (exact) mass is 356 g/mol. The minimum absolute atomic E-state index is 0.0456. The molecule has 3 rings (SSSR count). The molecule has 1 aliphatic heterocycles. The molecule has 0 bridgehead atoms. The molecule has 2 heterocycles. The van der Waals surface area contributed by atoms with Gasteiger partial charge in [-0.2, -0.15) is 0 Å². The number of rotatable bonds is 3. The number of benzene rings is 1. The summed E-state index contributed by atoms with van der Waals surface area (Å²) in [6.45, 7) is 7.12. The molecular formula is C20H24N2O2S. The molecule has 1 N–H and O–H groups in total. The molecule has 1 atom stereocenters. The van der Waals surface area contributed by atoms with Gasteiger partial charge in [0, 0.05) is 12.2 Å². The first-order chi connectivity index (χ1) is 11.9. The second kappa shape index (κ2) is 7.00. The normalized spacial score (nSPS) is 17.6. The summed E-state index contributed by atoms with van der Waals surface area (Å²) in [6.07, 6.45) is 1.57. The Morgan fingerprint density at radius 3 is 2.48 bits per heavy atom. The van der Waals surface area contributed by atoms with E-state index >= 15 is 0 Å². The van der Waals surface area contributed by atoms with Crippen molar-refractivity contribution in [2.45, 2.75) is 45.1 Å². The minimum atomic E-state index is -0.392. The van der Waals surface area contributed by atoms with Gasteiger partial charge in [0.1, 0.15) is 6.04 Å². The van der Waals surface area contributed by atoms with Crippen LogP contribution < -0.4 is 5.32 Å². The highest BCUT2D eigenvalue weighted by Gasteiger charge is 2.34. The van der Waals surface area contributed by atoms with Crippen molar-refractivity contribution < 1.29 is 9.59 Å². The maximum absolute atomic E-state index is 12.7. The Kier molecular flexibility index (Phi) is 4.95. The second-order valence-corrected chi connectivity index (χ2v) is 8.40. The zero-order chi connectivity index (χ0) is 18.0. The van der Waals surface area contributed by atoms with Crippen LogP contribution in [0, 0.1) is 0 Å². The predicted molar refractivity (Wildman–Crippen MR) is 102 cm³/mol.